The minimum Gasteiger partial charge on any atom is -0.392 e. The van der Waals surface area contributed by atoms with E-state index in [4.69, 9.17) is 16.7 Å². The largest absolute Gasteiger partial charge is 0.392 e. The number of hydrogen-bond donors (Lipinski definition) is 2. The van der Waals surface area contributed by atoms with E-state index in [1.165, 1.54) is 0 Å². The Morgan fingerprint density at radius 3 is 3.00 bits per heavy atom. The number of aliphatic hydroxyl groups is 1. The Labute approximate surface area is 90.4 Å². The number of thiophene rings is 1. The molecule has 1 nitrogen and oxygen atoms in total. The van der Waals surface area contributed by atoms with E-state index in [0.29, 0.717) is 5.02 Å². The Balaban J connectivity index is 2.87. The third kappa shape index (κ3) is 1.46. The molecule has 4 heteroatoms. The Bertz CT molecular complexity index is 450. The first-order valence-corrected chi connectivity index (χ1v) is 5.43. The molecule has 1 aromatic carbocycles. The summed E-state index contributed by atoms with van der Waals surface area (Å²) in [5, 5.41) is 12.8. The minimum atomic E-state index is -0.0375. The highest BCUT2D eigenvalue weighted by molar-refractivity contribution is 7.80. The maximum atomic E-state index is 9.15. The maximum Gasteiger partial charge on any atom is 0.0710 e. The number of aliphatic hydroxyl groups excluding tert-OH is 1. The third-order valence-corrected chi connectivity index (χ3v) is 3.82. The number of fused-ring (bicyclic) bond motifs is 1. The van der Waals surface area contributed by atoms with Crippen molar-refractivity contribution in [1.82, 2.24) is 0 Å². The standard InChI is InChI=1S/C9H7ClOS2/c10-8-6(4-11)9-5(1-2-13-9)3-7(8)12/h1-3,11-12H,4H2. The molecule has 0 spiro atoms. The van der Waals surface area contributed by atoms with Gasteiger partial charge in [-0.05, 0) is 22.9 Å². The van der Waals surface area contributed by atoms with Gasteiger partial charge in [-0.25, -0.2) is 0 Å². The van der Waals surface area contributed by atoms with Gasteiger partial charge in [0.2, 0.25) is 0 Å². The van der Waals surface area contributed by atoms with Gasteiger partial charge in [0.15, 0.2) is 0 Å². The van der Waals surface area contributed by atoms with Crippen molar-refractivity contribution < 1.29 is 5.11 Å². The third-order valence-electron chi connectivity index (χ3n) is 1.91. The maximum absolute atomic E-state index is 9.15. The highest BCUT2D eigenvalue weighted by atomic mass is 35.5. The molecule has 0 amide bonds. The van der Waals surface area contributed by atoms with Crippen molar-refractivity contribution in [3.05, 3.63) is 28.1 Å². The lowest BCUT2D eigenvalue weighted by Gasteiger charge is -2.04. The summed E-state index contributed by atoms with van der Waals surface area (Å²) in [5.74, 6) is 0. The summed E-state index contributed by atoms with van der Waals surface area (Å²) in [6.07, 6.45) is 0. The fourth-order valence-electron chi connectivity index (χ4n) is 1.28. The zero-order valence-corrected chi connectivity index (χ0v) is 9.09. The van der Waals surface area contributed by atoms with Crippen LogP contribution in [0.25, 0.3) is 10.1 Å². The number of thiol groups is 1. The lowest BCUT2D eigenvalue weighted by molar-refractivity contribution is 0.283. The summed E-state index contributed by atoms with van der Waals surface area (Å²) in [4.78, 5) is 0.719. The molecule has 0 bridgehead atoms. The highest BCUT2D eigenvalue weighted by Crippen LogP contribution is 2.34. The normalized spacial score (nSPS) is 11.0. The van der Waals surface area contributed by atoms with Crippen LogP contribution in [0.15, 0.2) is 22.4 Å². The average molecular weight is 231 g/mol. The fourth-order valence-corrected chi connectivity index (χ4v) is 2.75. The van der Waals surface area contributed by atoms with Crippen molar-refractivity contribution in [2.45, 2.75) is 11.5 Å². The molecule has 0 unspecified atom stereocenters. The van der Waals surface area contributed by atoms with Crippen molar-refractivity contribution in [3.63, 3.8) is 0 Å². The average Bonchev–Trinajstić information content (AvgIpc) is 2.54. The van der Waals surface area contributed by atoms with Gasteiger partial charge in [-0.1, -0.05) is 11.6 Å². The summed E-state index contributed by atoms with van der Waals surface area (Å²) < 4.78 is 1.05. The van der Waals surface area contributed by atoms with Crippen molar-refractivity contribution in [2.75, 3.05) is 0 Å². The van der Waals surface area contributed by atoms with Crippen LogP contribution >= 0.6 is 35.6 Å². The van der Waals surface area contributed by atoms with E-state index in [1.54, 1.807) is 11.3 Å². The Morgan fingerprint density at radius 2 is 2.31 bits per heavy atom. The number of rotatable bonds is 1. The van der Waals surface area contributed by atoms with Crippen molar-refractivity contribution in [1.29, 1.82) is 0 Å². The molecule has 0 aliphatic heterocycles. The first-order chi connectivity index (χ1) is 6.24. The first kappa shape index (κ1) is 9.34. The van der Waals surface area contributed by atoms with Crippen molar-refractivity contribution >= 4 is 45.7 Å². The molecular weight excluding hydrogens is 224 g/mol. The molecule has 0 atom stereocenters. The molecule has 1 heterocycles. The summed E-state index contributed by atoms with van der Waals surface area (Å²) in [6.45, 7) is -0.0375. The van der Waals surface area contributed by atoms with Crippen LogP contribution in [0.5, 0.6) is 0 Å². The van der Waals surface area contributed by atoms with Crippen LogP contribution in [0.4, 0.5) is 0 Å². The van der Waals surface area contributed by atoms with E-state index in [2.05, 4.69) is 12.6 Å². The molecule has 0 fully saturated rings. The van der Waals surface area contributed by atoms with E-state index in [0.717, 1.165) is 20.5 Å². The van der Waals surface area contributed by atoms with Crippen LogP contribution in [0, 0.1) is 0 Å². The summed E-state index contributed by atoms with van der Waals surface area (Å²) in [6, 6.07) is 3.91. The molecule has 13 heavy (non-hydrogen) atoms. The first-order valence-electron chi connectivity index (χ1n) is 3.72. The van der Waals surface area contributed by atoms with E-state index >= 15 is 0 Å². The highest BCUT2D eigenvalue weighted by Gasteiger charge is 2.09. The molecule has 1 aromatic heterocycles. The van der Waals surface area contributed by atoms with Crippen molar-refractivity contribution in [3.8, 4) is 0 Å². The van der Waals surface area contributed by atoms with Gasteiger partial charge in [-0.3, -0.25) is 0 Å². The van der Waals surface area contributed by atoms with Crippen LogP contribution in [0.2, 0.25) is 5.02 Å². The lowest BCUT2D eigenvalue weighted by atomic mass is 10.2. The lowest BCUT2D eigenvalue weighted by Crippen LogP contribution is -1.86. The van der Waals surface area contributed by atoms with Gasteiger partial charge >= 0.3 is 0 Å². The molecule has 0 aliphatic carbocycles. The Hall–Kier alpha value is -0.220. The molecular formula is C9H7ClOS2. The van der Waals surface area contributed by atoms with Crippen LogP contribution in [0.3, 0.4) is 0 Å². The topological polar surface area (TPSA) is 20.2 Å². The van der Waals surface area contributed by atoms with E-state index in [-0.39, 0.29) is 6.61 Å². The SMILES string of the molecule is OCc1c(Cl)c(S)cc2ccsc12. The molecule has 0 saturated heterocycles. The second kappa shape index (κ2) is 3.50. The molecule has 2 rings (SSSR count). The molecule has 0 radical (unpaired) electrons. The second-order valence-corrected chi connectivity index (χ2v) is 4.46. The minimum absolute atomic E-state index is 0.0375. The van der Waals surface area contributed by atoms with E-state index in [9.17, 15) is 0 Å². The predicted octanol–water partition coefficient (Wildman–Crippen LogP) is 3.34. The molecule has 0 aliphatic rings. The number of halogens is 1. The number of hydrogen-bond acceptors (Lipinski definition) is 3. The van der Waals surface area contributed by atoms with Gasteiger partial charge in [0.25, 0.3) is 0 Å². The monoisotopic (exact) mass is 230 g/mol. The Kier molecular flexibility index (Phi) is 2.51. The van der Waals surface area contributed by atoms with Gasteiger partial charge < -0.3 is 5.11 Å². The van der Waals surface area contributed by atoms with Gasteiger partial charge in [0, 0.05) is 15.2 Å². The zero-order valence-electron chi connectivity index (χ0n) is 6.62. The van der Waals surface area contributed by atoms with Gasteiger partial charge in [0.05, 0.1) is 11.6 Å². The molecule has 0 saturated carbocycles. The predicted molar refractivity (Wildman–Crippen MR) is 60.0 cm³/mol. The van der Waals surface area contributed by atoms with Gasteiger partial charge in [0.1, 0.15) is 0 Å². The molecule has 2 aromatic rings. The van der Waals surface area contributed by atoms with Gasteiger partial charge in [-0.2, -0.15) is 0 Å². The van der Waals surface area contributed by atoms with E-state index < -0.39 is 0 Å². The zero-order chi connectivity index (χ0) is 9.42. The quantitative estimate of drug-likeness (QED) is 0.720. The van der Waals surface area contributed by atoms with Crippen LogP contribution < -0.4 is 0 Å². The summed E-state index contributed by atoms with van der Waals surface area (Å²) in [7, 11) is 0. The smallest absolute Gasteiger partial charge is 0.0710 e. The molecule has 68 valence electrons. The summed E-state index contributed by atoms with van der Waals surface area (Å²) in [5.41, 5.74) is 0.777. The Morgan fingerprint density at radius 1 is 1.54 bits per heavy atom. The molecule has 1 N–H and O–H groups in total. The second-order valence-electron chi connectivity index (χ2n) is 2.69. The van der Waals surface area contributed by atoms with Crippen LogP contribution in [-0.2, 0) is 6.61 Å². The fraction of sp³-hybridized carbons (Fsp3) is 0.111. The summed E-state index contributed by atoms with van der Waals surface area (Å²) >= 11 is 11.8. The number of benzene rings is 1. The van der Waals surface area contributed by atoms with E-state index in [1.807, 2.05) is 17.5 Å². The van der Waals surface area contributed by atoms with Crippen LogP contribution in [-0.4, -0.2) is 5.11 Å². The van der Waals surface area contributed by atoms with Gasteiger partial charge in [-0.15, -0.1) is 24.0 Å². The van der Waals surface area contributed by atoms with Crippen LogP contribution in [0.1, 0.15) is 5.56 Å². The van der Waals surface area contributed by atoms with Crippen molar-refractivity contribution in [2.24, 2.45) is 0 Å².